The first kappa shape index (κ1) is 14.7. The zero-order valence-corrected chi connectivity index (χ0v) is 11.3. The predicted molar refractivity (Wildman–Crippen MR) is 65.5 cm³/mol. The summed E-state index contributed by atoms with van der Waals surface area (Å²) in [5.74, 6) is 0.572. The van der Waals surface area contributed by atoms with Gasteiger partial charge in [0, 0.05) is 28.2 Å². The van der Waals surface area contributed by atoms with Gasteiger partial charge in [-0.15, -0.1) is 0 Å². The molecular weight excluding hydrogens is 206 g/mol. The molecule has 0 unspecified atom stereocenters. The summed E-state index contributed by atoms with van der Waals surface area (Å²) >= 11 is 0. The number of nitrogens with zero attached hydrogens (tertiary/aromatic N) is 3. The average molecular weight is 229 g/mol. The maximum Gasteiger partial charge on any atom is 0.330 e. The van der Waals surface area contributed by atoms with Crippen LogP contribution >= 0.6 is 0 Å². The Morgan fingerprint density at radius 3 is 1.81 bits per heavy atom. The number of esters is 1. The second-order valence-electron chi connectivity index (χ2n) is 4.43. The molecule has 0 radical (unpaired) electrons. The lowest BCUT2D eigenvalue weighted by molar-refractivity contribution is -0.143. The number of hydrogen-bond acceptors (Lipinski definition) is 3. The van der Waals surface area contributed by atoms with E-state index in [0.717, 1.165) is 5.96 Å². The summed E-state index contributed by atoms with van der Waals surface area (Å²) in [6, 6.07) is -0.454. The quantitative estimate of drug-likeness (QED) is 0.405. The van der Waals surface area contributed by atoms with E-state index in [9.17, 15) is 4.79 Å². The normalized spacial score (nSPS) is 12.0. The van der Waals surface area contributed by atoms with Crippen LogP contribution in [0.15, 0.2) is 4.99 Å². The van der Waals surface area contributed by atoms with E-state index in [1.54, 1.807) is 0 Å². The van der Waals surface area contributed by atoms with E-state index >= 15 is 0 Å². The lowest BCUT2D eigenvalue weighted by Crippen LogP contribution is -2.39. The molecule has 0 aliphatic carbocycles. The van der Waals surface area contributed by atoms with Gasteiger partial charge in [-0.3, -0.25) is 0 Å². The van der Waals surface area contributed by atoms with Crippen LogP contribution < -0.4 is 0 Å². The van der Waals surface area contributed by atoms with Gasteiger partial charge in [-0.1, -0.05) is 13.8 Å². The molecule has 0 aliphatic rings. The topological polar surface area (TPSA) is 45.1 Å². The van der Waals surface area contributed by atoms with Gasteiger partial charge in [0.25, 0.3) is 0 Å². The molecule has 5 heteroatoms. The SMILES string of the molecule is COC(=O)[C@@H](N=C(N(C)C)N(C)C)C(C)C. The second-order valence-corrected chi connectivity index (χ2v) is 4.43. The van der Waals surface area contributed by atoms with Crippen LogP contribution in [0.25, 0.3) is 0 Å². The van der Waals surface area contributed by atoms with Crippen molar-refractivity contribution >= 4 is 11.9 Å². The maximum absolute atomic E-state index is 11.6. The third-order valence-electron chi connectivity index (χ3n) is 2.13. The van der Waals surface area contributed by atoms with Gasteiger partial charge in [-0.25, -0.2) is 9.79 Å². The molecule has 0 heterocycles. The first-order chi connectivity index (χ1) is 7.31. The van der Waals surface area contributed by atoms with Crippen molar-refractivity contribution in [2.24, 2.45) is 10.9 Å². The summed E-state index contributed by atoms with van der Waals surface area (Å²) in [5.41, 5.74) is 0. The minimum Gasteiger partial charge on any atom is -0.467 e. The van der Waals surface area contributed by atoms with Crippen LogP contribution in [0.1, 0.15) is 13.8 Å². The van der Waals surface area contributed by atoms with Gasteiger partial charge in [-0.05, 0) is 5.92 Å². The summed E-state index contributed by atoms with van der Waals surface area (Å²) in [4.78, 5) is 19.8. The molecule has 0 rings (SSSR count). The van der Waals surface area contributed by atoms with Gasteiger partial charge in [-0.2, -0.15) is 0 Å². The van der Waals surface area contributed by atoms with E-state index < -0.39 is 6.04 Å². The molecule has 0 spiro atoms. The third-order valence-corrected chi connectivity index (χ3v) is 2.13. The number of rotatable bonds is 3. The van der Waals surface area contributed by atoms with E-state index in [0.29, 0.717) is 0 Å². The van der Waals surface area contributed by atoms with Crippen LogP contribution in [-0.4, -0.2) is 63.1 Å². The summed E-state index contributed by atoms with van der Waals surface area (Å²) in [6.07, 6.45) is 0. The average Bonchev–Trinajstić information content (AvgIpc) is 2.15. The Kier molecular flexibility index (Phi) is 5.85. The minimum absolute atomic E-state index is 0.113. The molecule has 16 heavy (non-hydrogen) atoms. The van der Waals surface area contributed by atoms with Crippen molar-refractivity contribution in [1.82, 2.24) is 9.80 Å². The Morgan fingerprint density at radius 1 is 1.12 bits per heavy atom. The summed E-state index contributed by atoms with van der Waals surface area (Å²) in [7, 11) is 8.97. The Hall–Kier alpha value is -1.26. The molecule has 0 N–H and O–H groups in total. The molecular formula is C11H23N3O2. The van der Waals surface area contributed by atoms with Crippen LogP contribution in [0.4, 0.5) is 0 Å². The number of ether oxygens (including phenoxy) is 1. The van der Waals surface area contributed by atoms with Gasteiger partial charge in [0.15, 0.2) is 12.0 Å². The van der Waals surface area contributed by atoms with Crippen molar-refractivity contribution in [2.75, 3.05) is 35.3 Å². The Balaban J connectivity index is 5.07. The molecule has 0 aliphatic heterocycles. The predicted octanol–water partition coefficient (Wildman–Crippen LogP) is 0.663. The molecule has 0 bridgehead atoms. The highest BCUT2D eigenvalue weighted by molar-refractivity contribution is 5.84. The molecule has 0 saturated heterocycles. The third kappa shape index (κ3) is 4.08. The largest absolute Gasteiger partial charge is 0.467 e. The van der Waals surface area contributed by atoms with Crippen molar-refractivity contribution < 1.29 is 9.53 Å². The maximum atomic E-state index is 11.6. The summed E-state index contributed by atoms with van der Waals surface area (Å²) in [6.45, 7) is 3.90. The number of aliphatic imine (C=N–C) groups is 1. The Bertz CT molecular complexity index is 250. The van der Waals surface area contributed by atoms with Crippen LogP contribution in [-0.2, 0) is 9.53 Å². The van der Waals surface area contributed by atoms with Crippen LogP contribution in [0.2, 0.25) is 0 Å². The van der Waals surface area contributed by atoms with E-state index in [-0.39, 0.29) is 11.9 Å². The Morgan fingerprint density at radius 2 is 1.56 bits per heavy atom. The highest BCUT2D eigenvalue weighted by Crippen LogP contribution is 2.09. The molecule has 0 aromatic heterocycles. The molecule has 0 fully saturated rings. The molecule has 0 aromatic rings. The monoisotopic (exact) mass is 229 g/mol. The minimum atomic E-state index is -0.454. The highest BCUT2D eigenvalue weighted by Gasteiger charge is 2.23. The lowest BCUT2D eigenvalue weighted by Gasteiger charge is -2.25. The zero-order valence-electron chi connectivity index (χ0n) is 11.3. The smallest absolute Gasteiger partial charge is 0.330 e. The van der Waals surface area contributed by atoms with Crippen molar-refractivity contribution in [3.05, 3.63) is 0 Å². The van der Waals surface area contributed by atoms with Gasteiger partial charge >= 0.3 is 5.97 Å². The molecule has 94 valence electrons. The lowest BCUT2D eigenvalue weighted by atomic mass is 10.1. The van der Waals surface area contributed by atoms with Gasteiger partial charge < -0.3 is 14.5 Å². The molecule has 0 saturated carbocycles. The van der Waals surface area contributed by atoms with E-state index in [4.69, 9.17) is 4.74 Å². The van der Waals surface area contributed by atoms with Gasteiger partial charge in [0.2, 0.25) is 0 Å². The van der Waals surface area contributed by atoms with Gasteiger partial charge in [0.05, 0.1) is 7.11 Å². The first-order valence-corrected chi connectivity index (χ1v) is 5.31. The van der Waals surface area contributed by atoms with Gasteiger partial charge in [0.1, 0.15) is 0 Å². The van der Waals surface area contributed by atoms with Crippen LogP contribution in [0, 0.1) is 5.92 Å². The number of hydrogen-bond donors (Lipinski definition) is 0. The van der Waals surface area contributed by atoms with E-state index in [1.807, 2.05) is 51.8 Å². The van der Waals surface area contributed by atoms with E-state index in [2.05, 4.69) is 4.99 Å². The van der Waals surface area contributed by atoms with Crippen molar-refractivity contribution in [3.63, 3.8) is 0 Å². The first-order valence-electron chi connectivity index (χ1n) is 5.31. The fourth-order valence-electron chi connectivity index (χ4n) is 1.35. The molecule has 0 aromatic carbocycles. The molecule has 5 nitrogen and oxygen atoms in total. The number of carbonyl (C=O) groups excluding carboxylic acids is 1. The fourth-order valence-corrected chi connectivity index (χ4v) is 1.35. The number of carbonyl (C=O) groups is 1. The molecule has 0 amide bonds. The van der Waals surface area contributed by atoms with E-state index in [1.165, 1.54) is 7.11 Å². The zero-order chi connectivity index (χ0) is 12.9. The van der Waals surface area contributed by atoms with Crippen LogP contribution in [0.3, 0.4) is 0 Å². The summed E-state index contributed by atoms with van der Waals surface area (Å²) in [5, 5.41) is 0. The van der Waals surface area contributed by atoms with Crippen molar-refractivity contribution in [3.8, 4) is 0 Å². The number of methoxy groups -OCH3 is 1. The van der Waals surface area contributed by atoms with Crippen LogP contribution in [0.5, 0.6) is 0 Å². The summed E-state index contributed by atoms with van der Waals surface area (Å²) < 4.78 is 4.75. The number of guanidine groups is 1. The fraction of sp³-hybridized carbons (Fsp3) is 0.818. The second kappa shape index (κ2) is 6.35. The van der Waals surface area contributed by atoms with Crippen molar-refractivity contribution in [2.45, 2.75) is 19.9 Å². The Labute approximate surface area is 98.1 Å². The van der Waals surface area contributed by atoms with Crippen molar-refractivity contribution in [1.29, 1.82) is 0 Å². The molecule has 1 atom stereocenters. The standard InChI is InChI=1S/C11H23N3O2/c1-8(2)9(10(15)16-7)12-11(13(3)4)14(5)6/h8-9H,1-7H3/t9-/m0/s1. The highest BCUT2D eigenvalue weighted by atomic mass is 16.5.